The summed E-state index contributed by atoms with van der Waals surface area (Å²) in [6, 6.07) is 9.24. The van der Waals surface area contributed by atoms with Crippen LogP contribution < -0.4 is 19.9 Å². The van der Waals surface area contributed by atoms with E-state index in [0.29, 0.717) is 28.6 Å². The maximum absolute atomic E-state index is 13.3. The summed E-state index contributed by atoms with van der Waals surface area (Å²) >= 11 is 0. The van der Waals surface area contributed by atoms with Crippen LogP contribution in [0.4, 0.5) is 4.39 Å². The molecule has 104 valence electrons. The van der Waals surface area contributed by atoms with Crippen LogP contribution in [0.15, 0.2) is 36.4 Å². The van der Waals surface area contributed by atoms with E-state index in [1.165, 1.54) is 12.1 Å². The van der Waals surface area contributed by atoms with Crippen LogP contribution in [-0.4, -0.2) is 6.79 Å². The highest BCUT2D eigenvalue weighted by atomic mass is 19.1. The molecular weight excluding hydrogens is 261 g/mol. The molecule has 1 heterocycles. The van der Waals surface area contributed by atoms with Gasteiger partial charge >= 0.3 is 0 Å². The summed E-state index contributed by atoms with van der Waals surface area (Å²) in [7, 11) is 0. The SMILES string of the molecule is CC(N)c1cc(F)ccc1Oc1ccc2c(c1)OCO2. The van der Waals surface area contributed by atoms with Crippen molar-refractivity contribution in [2.45, 2.75) is 13.0 Å². The molecule has 1 aliphatic rings. The van der Waals surface area contributed by atoms with Crippen molar-refractivity contribution >= 4 is 0 Å². The molecule has 2 N–H and O–H groups in total. The fraction of sp³-hybridized carbons (Fsp3) is 0.200. The van der Waals surface area contributed by atoms with Crippen molar-refractivity contribution in [2.24, 2.45) is 5.73 Å². The van der Waals surface area contributed by atoms with Crippen LogP contribution >= 0.6 is 0 Å². The van der Waals surface area contributed by atoms with Crippen molar-refractivity contribution in [3.8, 4) is 23.0 Å². The maximum atomic E-state index is 13.3. The van der Waals surface area contributed by atoms with Crippen LogP contribution in [-0.2, 0) is 0 Å². The molecule has 0 aromatic heterocycles. The number of ether oxygens (including phenoxy) is 3. The smallest absolute Gasteiger partial charge is 0.231 e. The highest BCUT2D eigenvalue weighted by Crippen LogP contribution is 2.37. The first-order valence-electron chi connectivity index (χ1n) is 6.26. The average Bonchev–Trinajstić information content (AvgIpc) is 2.88. The van der Waals surface area contributed by atoms with Crippen molar-refractivity contribution in [2.75, 3.05) is 6.79 Å². The zero-order chi connectivity index (χ0) is 14.1. The summed E-state index contributed by atoms with van der Waals surface area (Å²) < 4.78 is 29.6. The lowest BCUT2D eigenvalue weighted by Crippen LogP contribution is -2.07. The van der Waals surface area contributed by atoms with Gasteiger partial charge in [-0.25, -0.2) is 4.39 Å². The molecule has 1 atom stereocenters. The number of rotatable bonds is 3. The zero-order valence-corrected chi connectivity index (χ0v) is 10.9. The summed E-state index contributed by atoms with van der Waals surface area (Å²) in [5.41, 5.74) is 6.45. The first kappa shape index (κ1) is 12.7. The number of halogens is 1. The summed E-state index contributed by atoms with van der Waals surface area (Å²) in [5, 5.41) is 0. The lowest BCUT2D eigenvalue weighted by Gasteiger charge is -2.14. The van der Waals surface area contributed by atoms with Gasteiger partial charge in [-0.1, -0.05) is 0 Å². The molecule has 0 saturated heterocycles. The zero-order valence-electron chi connectivity index (χ0n) is 10.9. The van der Waals surface area contributed by atoms with Crippen LogP contribution in [0.5, 0.6) is 23.0 Å². The molecule has 5 heteroatoms. The van der Waals surface area contributed by atoms with Crippen molar-refractivity contribution < 1.29 is 18.6 Å². The predicted octanol–water partition coefficient (Wildman–Crippen LogP) is 3.37. The maximum Gasteiger partial charge on any atom is 0.231 e. The summed E-state index contributed by atoms with van der Waals surface area (Å²) in [6.45, 7) is 1.99. The molecule has 0 saturated carbocycles. The van der Waals surface area contributed by atoms with E-state index in [1.807, 2.05) is 0 Å². The molecule has 1 aliphatic heterocycles. The Hall–Kier alpha value is -2.27. The molecule has 0 amide bonds. The van der Waals surface area contributed by atoms with Gasteiger partial charge < -0.3 is 19.9 Å². The Bertz CT molecular complexity index is 643. The van der Waals surface area contributed by atoms with Gasteiger partial charge in [-0.05, 0) is 37.3 Å². The van der Waals surface area contributed by atoms with Crippen molar-refractivity contribution in [3.05, 3.63) is 47.8 Å². The van der Waals surface area contributed by atoms with Crippen LogP contribution in [0, 0.1) is 5.82 Å². The lowest BCUT2D eigenvalue weighted by molar-refractivity contribution is 0.174. The Labute approximate surface area is 115 Å². The molecule has 1 unspecified atom stereocenters. The van der Waals surface area contributed by atoms with Gasteiger partial charge in [0.25, 0.3) is 0 Å². The van der Waals surface area contributed by atoms with Crippen LogP contribution in [0.3, 0.4) is 0 Å². The second-order valence-electron chi connectivity index (χ2n) is 4.59. The van der Waals surface area contributed by atoms with Crippen molar-refractivity contribution in [1.82, 2.24) is 0 Å². The van der Waals surface area contributed by atoms with Gasteiger partial charge in [0.1, 0.15) is 17.3 Å². The minimum absolute atomic E-state index is 0.209. The third-order valence-electron chi connectivity index (χ3n) is 3.03. The second-order valence-corrected chi connectivity index (χ2v) is 4.59. The first-order chi connectivity index (χ1) is 9.63. The lowest BCUT2D eigenvalue weighted by atomic mass is 10.1. The Morgan fingerprint density at radius 1 is 1.15 bits per heavy atom. The Balaban J connectivity index is 1.91. The summed E-state index contributed by atoms with van der Waals surface area (Å²) in [4.78, 5) is 0. The molecule has 0 bridgehead atoms. The van der Waals surface area contributed by atoms with E-state index in [0.717, 1.165) is 0 Å². The van der Waals surface area contributed by atoms with E-state index in [9.17, 15) is 4.39 Å². The minimum atomic E-state index is -0.338. The van der Waals surface area contributed by atoms with Gasteiger partial charge in [-0.15, -0.1) is 0 Å². The molecule has 2 aromatic rings. The highest BCUT2D eigenvalue weighted by molar-refractivity contribution is 5.49. The third-order valence-corrected chi connectivity index (χ3v) is 3.03. The average molecular weight is 275 g/mol. The van der Waals surface area contributed by atoms with Crippen molar-refractivity contribution in [1.29, 1.82) is 0 Å². The van der Waals surface area contributed by atoms with Gasteiger partial charge in [-0.2, -0.15) is 0 Å². The molecular formula is C15H14FNO3. The van der Waals surface area contributed by atoms with E-state index < -0.39 is 0 Å². The molecule has 0 aliphatic carbocycles. The largest absolute Gasteiger partial charge is 0.457 e. The van der Waals surface area contributed by atoms with Gasteiger partial charge in [-0.3, -0.25) is 0 Å². The fourth-order valence-electron chi connectivity index (χ4n) is 2.04. The van der Waals surface area contributed by atoms with E-state index in [-0.39, 0.29) is 18.7 Å². The summed E-state index contributed by atoms with van der Waals surface area (Å²) in [6.07, 6.45) is 0. The Morgan fingerprint density at radius 2 is 1.95 bits per heavy atom. The van der Waals surface area contributed by atoms with Gasteiger partial charge in [0.15, 0.2) is 11.5 Å². The van der Waals surface area contributed by atoms with E-state index >= 15 is 0 Å². The first-order valence-corrected chi connectivity index (χ1v) is 6.26. The minimum Gasteiger partial charge on any atom is -0.457 e. The number of nitrogens with two attached hydrogens (primary N) is 1. The predicted molar refractivity (Wildman–Crippen MR) is 71.6 cm³/mol. The number of hydrogen-bond acceptors (Lipinski definition) is 4. The summed E-state index contributed by atoms with van der Waals surface area (Å²) in [5.74, 6) is 2.09. The third kappa shape index (κ3) is 2.40. The fourth-order valence-corrected chi connectivity index (χ4v) is 2.04. The Kier molecular flexibility index (Phi) is 3.20. The van der Waals surface area contributed by atoms with Crippen LogP contribution in [0.25, 0.3) is 0 Å². The molecule has 0 radical (unpaired) electrons. The van der Waals surface area contributed by atoms with Crippen LogP contribution in [0.1, 0.15) is 18.5 Å². The topological polar surface area (TPSA) is 53.7 Å². The van der Waals surface area contributed by atoms with Gasteiger partial charge in [0.05, 0.1) is 0 Å². The van der Waals surface area contributed by atoms with Crippen LogP contribution in [0.2, 0.25) is 0 Å². The molecule has 0 spiro atoms. The normalized spacial score (nSPS) is 14.2. The second kappa shape index (κ2) is 5.02. The highest BCUT2D eigenvalue weighted by Gasteiger charge is 2.15. The van der Waals surface area contributed by atoms with E-state index in [4.69, 9.17) is 19.9 Å². The van der Waals surface area contributed by atoms with Crippen molar-refractivity contribution in [3.63, 3.8) is 0 Å². The van der Waals surface area contributed by atoms with E-state index in [1.54, 1.807) is 31.2 Å². The van der Waals surface area contributed by atoms with Gasteiger partial charge in [0, 0.05) is 17.7 Å². The standard InChI is InChI=1S/C15H14FNO3/c1-9(17)12-6-10(16)2-4-13(12)20-11-3-5-14-15(7-11)19-8-18-14/h2-7,9H,8,17H2,1H3. The molecule has 2 aromatic carbocycles. The number of benzene rings is 2. The molecule has 4 nitrogen and oxygen atoms in total. The molecule has 20 heavy (non-hydrogen) atoms. The van der Waals surface area contributed by atoms with E-state index in [2.05, 4.69) is 0 Å². The number of fused-ring (bicyclic) bond motifs is 1. The quantitative estimate of drug-likeness (QED) is 0.933. The molecule has 0 fully saturated rings. The monoisotopic (exact) mass is 275 g/mol. The van der Waals surface area contributed by atoms with Gasteiger partial charge in [0.2, 0.25) is 6.79 Å². The molecule has 3 rings (SSSR count). The number of hydrogen-bond donors (Lipinski definition) is 1. The Morgan fingerprint density at radius 3 is 2.75 bits per heavy atom.